The molecule has 0 atom stereocenters. The molecule has 8 heteroatoms. The second-order valence-electron chi connectivity index (χ2n) is 6.21. The Balaban J connectivity index is 1.49. The number of hydrogen-bond donors (Lipinski definition) is 2. The highest BCUT2D eigenvalue weighted by atomic mass is 16.5. The van der Waals surface area contributed by atoms with Gasteiger partial charge >= 0.3 is 5.97 Å². The van der Waals surface area contributed by atoms with Crippen LogP contribution in [0.25, 0.3) is 21.7 Å². The highest BCUT2D eigenvalue weighted by Crippen LogP contribution is 2.18. The van der Waals surface area contributed by atoms with Crippen LogP contribution in [0, 0.1) is 0 Å². The summed E-state index contributed by atoms with van der Waals surface area (Å²) in [5, 5.41) is 3.53. The van der Waals surface area contributed by atoms with Gasteiger partial charge in [0.1, 0.15) is 6.54 Å². The van der Waals surface area contributed by atoms with Crippen LogP contribution in [0.5, 0.6) is 0 Å². The number of hydrogen-bond acceptors (Lipinski definition) is 5. The van der Waals surface area contributed by atoms with Gasteiger partial charge in [-0.25, -0.2) is 4.68 Å². The minimum absolute atomic E-state index is 0.203. The summed E-state index contributed by atoms with van der Waals surface area (Å²) in [6, 6.07) is 13.6. The Kier molecular flexibility index (Phi) is 4.36. The van der Waals surface area contributed by atoms with Crippen LogP contribution >= 0.6 is 0 Å². The van der Waals surface area contributed by atoms with Crippen molar-refractivity contribution in [1.82, 2.24) is 14.8 Å². The molecule has 0 aliphatic heterocycles. The third kappa shape index (κ3) is 3.11. The van der Waals surface area contributed by atoms with Crippen molar-refractivity contribution in [3.63, 3.8) is 0 Å². The lowest BCUT2D eigenvalue weighted by Crippen LogP contribution is -2.33. The molecule has 0 saturated carbocycles. The molecule has 0 spiro atoms. The Morgan fingerprint density at radius 2 is 1.61 bits per heavy atom. The minimum atomic E-state index is -0.804. The van der Waals surface area contributed by atoms with Crippen molar-refractivity contribution >= 4 is 33.4 Å². The Morgan fingerprint density at radius 3 is 2.39 bits per heavy atom. The summed E-state index contributed by atoms with van der Waals surface area (Å²) in [4.78, 5) is 51.9. The molecule has 0 radical (unpaired) electrons. The number of aromatic nitrogens is 3. The summed E-state index contributed by atoms with van der Waals surface area (Å²) < 4.78 is 5.88. The van der Waals surface area contributed by atoms with E-state index in [4.69, 9.17) is 4.74 Å². The van der Waals surface area contributed by atoms with Gasteiger partial charge in [0.2, 0.25) is 5.78 Å². The van der Waals surface area contributed by atoms with Crippen molar-refractivity contribution in [3.8, 4) is 0 Å². The van der Waals surface area contributed by atoms with Gasteiger partial charge in [0, 0.05) is 22.7 Å². The molecule has 0 unspecified atom stereocenters. The van der Waals surface area contributed by atoms with Gasteiger partial charge in [0.15, 0.2) is 6.61 Å². The largest absolute Gasteiger partial charge is 0.456 e. The van der Waals surface area contributed by atoms with Crippen LogP contribution < -0.4 is 11.1 Å². The maximum Gasteiger partial charge on any atom is 0.328 e. The molecular weight excluding hydrogens is 362 g/mol. The lowest BCUT2D eigenvalue weighted by molar-refractivity contribution is -0.143. The van der Waals surface area contributed by atoms with Crippen molar-refractivity contribution in [2.24, 2.45) is 0 Å². The van der Waals surface area contributed by atoms with Crippen LogP contribution in [0.2, 0.25) is 0 Å². The van der Waals surface area contributed by atoms with Gasteiger partial charge in [-0.15, -0.1) is 0 Å². The summed E-state index contributed by atoms with van der Waals surface area (Å²) >= 11 is 0. The number of esters is 1. The highest BCUT2D eigenvalue weighted by molar-refractivity contribution is 6.08. The SMILES string of the molecule is O=C(Cn1[nH]c(=O)c2ccccc2c1=O)OCC(=O)c1c[nH]c2ccccc12. The fraction of sp³-hybridized carbons (Fsp3) is 0.100. The zero-order chi connectivity index (χ0) is 19.7. The average Bonchev–Trinajstić information content (AvgIpc) is 3.14. The van der Waals surface area contributed by atoms with E-state index in [-0.39, 0.29) is 16.6 Å². The van der Waals surface area contributed by atoms with E-state index in [2.05, 4.69) is 10.1 Å². The molecule has 4 aromatic rings. The second-order valence-corrected chi connectivity index (χ2v) is 6.21. The second kappa shape index (κ2) is 6.99. The first-order chi connectivity index (χ1) is 13.5. The van der Waals surface area contributed by atoms with E-state index < -0.39 is 30.2 Å². The fourth-order valence-corrected chi connectivity index (χ4v) is 3.06. The Labute approximate surface area is 157 Å². The summed E-state index contributed by atoms with van der Waals surface area (Å²) in [6.45, 7) is -0.965. The maximum absolute atomic E-state index is 12.4. The molecule has 2 aromatic heterocycles. The van der Waals surface area contributed by atoms with Crippen LogP contribution in [0.3, 0.4) is 0 Å². The van der Waals surface area contributed by atoms with Crippen molar-refractivity contribution in [2.75, 3.05) is 6.61 Å². The normalized spacial score (nSPS) is 11.0. The Bertz CT molecular complexity index is 1330. The molecule has 0 aliphatic rings. The van der Waals surface area contributed by atoms with Gasteiger partial charge < -0.3 is 9.72 Å². The molecule has 28 heavy (non-hydrogen) atoms. The number of aromatic amines is 2. The number of ether oxygens (including phenoxy) is 1. The smallest absolute Gasteiger partial charge is 0.328 e. The van der Waals surface area contributed by atoms with Gasteiger partial charge in [-0.05, 0) is 18.2 Å². The number of fused-ring (bicyclic) bond motifs is 2. The third-order valence-electron chi connectivity index (χ3n) is 4.42. The van der Waals surface area contributed by atoms with E-state index in [0.717, 1.165) is 15.6 Å². The van der Waals surface area contributed by atoms with E-state index >= 15 is 0 Å². The van der Waals surface area contributed by atoms with Crippen LogP contribution in [-0.2, 0) is 16.1 Å². The number of H-pyrrole nitrogens is 2. The molecule has 0 saturated heterocycles. The van der Waals surface area contributed by atoms with Gasteiger partial charge in [0.05, 0.1) is 10.8 Å². The monoisotopic (exact) mass is 377 g/mol. The molecule has 0 bridgehead atoms. The van der Waals surface area contributed by atoms with Crippen LogP contribution in [0.1, 0.15) is 10.4 Å². The molecule has 0 fully saturated rings. The summed E-state index contributed by atoms with van der Waals surface area (Å²) in [5.41, 5.74) is 0.213. The van der Waals surface area contributed by atoms with E-state index in [9.17, 15) is 19.2 Å². The average molecular weight is 377 g/mol. The van der Waals surface area contributed by atoms with Crippen molar-refractivity contribution in [3.05, 3.63) is 81.0 Å². The summed E-state index contributed by atoms with van der Waals surface area (Å²) in [7, 11) is 0. The number of Topliss-reactive ketones (excluding diaryl/α,β-unsaturated/α-hetero) is 1. The van der Waals surface area contributed by atoms with E-state index in [1.165, 1.54) is 12.1 Å². The van der Waals surface area contributed by atoms with Crippen molar-refractivity contribution in [1.29, 1.82) is 0 Å². The zero-order valence-electron chi connectivity index (χ0n) is 14.6. The number of nitrogens with one attached hydrogen (secondary N) is 2. The molecule has 2 aromatic carbocycles. The number of nitrogens with zero attached hydrogens (tertiary/aromatic N) is 1. The molecular formula is C20H15N3O5. The van der Waals surface area contributed by atoms with Crippen molar-refractivity contribution in [2.45, 2.75) is 6.54 Å². The molecule has 0 amide bonds. The number of carbonyl (C=O) groups is 2. The quantitative estimate of drug-likeness (QED) is 0.405. The molecule has 2 heterocycles. The predicted molar refractivity (Wildman–Crippen MR) is 102 cm³/mol. The van der Waals surface area contributed by atoms with Gasteiger partial charge in [-0.2, -0.15) is 0 Å². The summed E-state index contributed by atoms with van der Waals surface area (Å²) in [5.74, 6) is -1.17. The van der Waals surface area contributed by atoms with Crippen LogP contribution in [0.4, 0.5) is 0 Å². The fourth-order valence-electron chi connectivity index (χ4n) is 3.06. The van der Waals surface area contributed by atoms with E-state index in [1.54, 1.807) is 30.5 Å². The van der Waals surface area contributed by atoms with Gasteiger partial charge in [-0.1, -0.05) is 30.3 Å². The number of carbonyl (C=O) groups excluding carboxylic acids is 2. The molecule has 140 valence electrons. The lowest BCUT2D eigenvalue weighted by atomic mass is 10.1. The highest BCUT2D eigenvalue weighted by Gasteiger charge is 2.16. The first kappa shape index (κ1) is 17.5. The predicted octanol–water partition coefficient (Wildman–Crippen LogP) is 1.60. The van der Waals surface area contributed by atoms with E-state index in [0.29, 0.717) is 5.56 Å². The van der Waals surface area contributed by atoms with Crippen molar-refractivity contribution < 1.29 is 14.3 Å². The number of ketones is 1. The number of benzene rings is 2. The molecule has 2 N–H and O–H groups in total. The Morgan fingerprint density at radius 1 is 0.929 bits per heavy atom. The first-order valence-electron chi connectivity index (χ1n) is 8.51. The van der Waals surface area contributed by atoms with Crippen LogP contribution in [0.15, 0.2) is 64.3 Å². The first-order valence-corrected chi connectivity index (χ1v) is 8.51. The topological polar surface area (TPSA) is 114 Å². The third-order valence-corrected chi connectivity index (χ3v) is 4.42. The van der Waals surface area contributed by atoms with E-state index in [1.807, 2.05) is 12.1 Å². The number of para-hydroxylation sites is 1. The summed E-state index contributed by atoms with van der Waals surface area (Å²) in [6.07, 6.45) is 1.56. The number of rotatable bonds is 5. The van der Waals surface area contributed by atoms with Gasteiger partial charge in [0.25, 0.3) is 11.1 Å². The lowest BCUT2D eigenvalue weighted by Gasteiger charge is -2.07. The Hall–Kier alpha value is -3.94. The maximum atomic E-state index is 12.4. The molecule has 4 rings (SSSR count). The van der Waals surface area contributed by atoms with Crippen LogP contribution in [-0.4, -0.2) is 33.1 Å². The minimum Gasteiger partial charge on any atom is -0.456 e. The zero-order valence-corrected chi connectivity index (χ0v) is 14.6. The van der Waals surface area contributed by atoms with Gasteiger partial charge in [-0.3, -0.25) is 24.3 Å². The standard InChI is InChI=1S/C20H15N3O5/c24-17(15-9-21-16-8-4-3-5-12(15)16)11-28-18(25)10-23-20(27)14-7-2-1-6-13(14)19(26)22-23/h1-9,21H,10-11H2,(H,22,26). The molecule has 0 aliphatic carbocycles. The molecule has 8 nitrogen and oxygen atoms in total.